The van der Waals surface area contributed by atoms with Crippen LogP contribution in [0.15, 0.2) is 255 Å². The summed E-state index contributed by atoms with van der Waals surface area (Å²) < 4.78 is 2.39. The standard InChI is InChI=1S/C62H42N2/c1-3-15-43(16-4-1)44-27-29-45(30-28-44)46-31-34-50(35-32-46)63(51-36-38-52(39-37-51)64-60-25-13-11-23-57(60)58-24-12-14-26-61(58)64)62-42-49(33-40-54(62)47-17-5-2-6-18-47)59-41-48-19-7-8-20-53(48)55-21-9-10-22-56(55)59/h1-42H. The maximum atomic E-state index is 2.44. The Hall–Kier alpha value is -8.46. The Balaban J connectivity index is 1.04. The van der Waals surface area contributed by atoms with E-state index >= 15 is 0 Å². The first-order chi connectivity index (χ1) is 31.7. The van der Waals surface area contributed by atoms with Gasteiger partial charge in [0, 0.05) is 33.4 Å². The van der Waals surface area contributed by atoms with Gasteiger partial charge in [0.2, 0.25) is 0 Å². The average Bonchev–Trinajstić information content (AvgIpc) is 3.71. The number of aromatic nitrogens is 1. The van der Waals surface area contributed by atoms with Crippen LogP contribution < -0.4 is 4.90 Å². The Morgan fingerprint density at radius 3 is 1.31 bits per heavy atom. The van der Waals surface area contributed by atoms with Gasteiger partial charge in [-0.1, -0.05) is 194 Å². The van der Waals surface area contributed by atoms with Gasteiger partial charge >= 0.3 is 0 Å². The molecule has 12 aromatic rings. The van der Waals surface area contributed by atoms with Crippen molar-refractivity contribution in [3.63, 3.8) is 0 Å². The van der Waals surface area contributed by atoms with E-state index in [0.29, 0.717) is 0 Å². The molecule has 2 nitrogen and oxygen atoms in total. The molecule has 1 heterocycles. The number of para-hydroxylation sites is 2. The van der Waals surface area contributed by atoms with Crippen LogP contribution in [-0.2, 0) is 0 Å². The van der Waals surface area contributed by atoms with Gasteiger partial charge in [0.05, 0.1) is 16.7 Å². The predicted octanol–water partition coefficient (Wildman–Crippen LogP) is 17.2. The minimum absolute atomic E-state index is 1.07. The lowest BCUT2D eigenvalue weighted by molar-refractivity contribution is 1.17. The highest BCUT2D eigenvalue weighted by Crippen LogP contribution is 2.45. The zero-order valence-electron chi connectivity index (χ0n) is 35.1. The molecule has 0 aliphatic heterocycles. The molecule has 1 aromatic heterocycles. The van der Waals surface area contributed by atoms with E-state index in [4.69, 9.17) is 0 Å². The SMILES string of the molecule is c1ccc(-c2ccc(-c3ccc(N(c4ccc(-n5c6ccccc6c6ccccc65)cc4)c4cc(-c5cc6ccccc6c6ccccc56)ccc4-c4ccccc4)cc3)cc2)cc1. The third-order valence-corrected chi connectivity index (χ3v) is 12.8. The molecule has 0 N–H and O–H groups in total. The van der Waals surface area contributed by atoms with Gasteiger partial charge < -0.3 is 9.47 Å². The molecule has 64 heavy (non-hydrogen) atoms. The van der Waals surface area contributed by atoms with Crippen molar-refractivity contribution in [2.45, 2.75) is 0 Å². The van der Waals surface area contributed by atoms with Crippen LogP contribution in [0.1, 0.15) is 0 Å². The maximum absolute atomic E-state index is 2.44. The Labute approximate surface area is 373 Å². The van der Waals surface area contributed by atoms with E-state index in [9.17, 15) is 0 Å². The molecule has 0 aliphatic rings. The molecule has 2 heteroatoms. The van der Waals surface area contributed by atoms with Crippen LogP contribution in [0.2, 0.25) is 0 Å². The van der Waals surface area contributed by atoms with Gasteiger partial charge in [0.15, 0.2) is 0 Å². The van der Waals surface area contributed by atoms with Crippen molar-refractivity contribution in [3.05, 3.63) is 255 Å². The molecule has 0 atom stereocenters. The molecule has 0 fully saturated rings. The largest absolute Gasteiger partial charge is 0.310 e. The third kappa shape index (κ3) is 6.52. The van der Waals surface area contributed by atoms with E-state index in [-0.39, 0.29) is 0 Å². The maximum Gasteiger partial charge on any atom is 0.0546 e. The van der Waals surface area contributed by atoms with E-state index in [1.54, 1.807) is 0 Å². The van der Waals surface area contributed by atoms with Crippen molar-refractivity contribution in [2.24, 2.45) is 0 Å². The lowest BCUT2D eigenvalue weighted by Crippen LogP contribution is -2.12. The molecule has 300 valence electrons. The second-order valence-corrected chi connectivity index (χ2v) is 16.5. The summed E-state index contributed by atoms with van der Waals surface area (Å²) in [4.78, 5) is 2.44. The van der Waals surface area contributed by atoms with Crippen LogP contribution in [0.25, 0.3) is 93.5 Å². The predicted molar refractivity (Wildman–Crippen MR) is 272 cm³/mol. The molecular formula is C62H42N2. The Bertz CT molecular complexity index is 3570. The fraction of sp³-hybridized carbons (Fsp3) is 0. The van der Waals surface area contributed by atoms with Gasteiger partial charge in [-0.3, -0.25) is 0 Å². The van der Waals surface area contributed by atoms with Crippen LogP contribution >= 0.6 is 0 Å². The van der Waals surface area contributed by atoms with E-state index < -0.39 is 0 Å². The van der Waals surface area contributed by atoms with Gasteiger partial charge in [-0.25, -0.2) is 0 Å². The van der Waals surface area contributed by atoms with Crippen molar-refractivity contribution >= 4 is 60.4 Å². The fourth-order valence-electron chi connectivity index (χ4n) is 9.71. The smallest absolute Gasteiger partial charge is 0.0546 e. The molecule has 0 amide bonds. The summed E-state index contributed by atoms with van der Waals surface area (Å²) in [5, 5.41) is 7.50. The van der Waals surface area contributed by atoms with Gasteiger partial charge in [-0.05, 0) is 121 Å². The molecule has 12 rings (SSSR count). The van der Waals surface area contributed by atoms with Crippen molar-refractivity contribution in [1.82, 2.24) is 4.57 Å². The quantitative estimate of drug-likeness (QED) is 0.139. The van der Waals surface area contributed by atoms with Crippen LogP contribution in [0.4, 0.5) is 17.1 Å². The normalized spacial score (nSPS) is 11.4. The summed E-state index contributed by atoms with van der Waals surface area (Å²) in [7, 11) is 0. The highest BCUT2D eigenvalue weighted by molar-refractivity contribution is 6.14. The lowest BCUT2D eigenvalue weighted by Gasteiger charge is -2.29. The van der Waals surface area contributed by atoms with Crippen LogP contribution in [0.5, 0.6) is 0 Å². The summed E-state index contributed by atoms with van der Waals surface area (Å²) in [6.07, 6.45) is 0. The summed E-state index contributed by atoms with van der Waals surface area (Å²) in [5.74, 6) is 0. The Morgan fingerprint density at radius 2 is 0.703 bits per heavy atom. The first kappa shape index (κ1) is 37.3. The fourth-order valence-corrected chi connectivity index (χ4v) is 9.71. The highest BCUT2D eigenvalue weighted by Gasteiger charge is 2.21. The summed E-state index contributed by atoms with van der Waals surface area (Å²) >= 11 is 0. The Kier molecular flexibility index (Phi) is 9.20. The second-order valence-electron chi connectivity index (χ2n) is 16.5. The van der Waals surface area contributed by atoms with Crippen molar-refractivity contribution < 1.29 is 0 Å². The molecule has 0 saturated carbocycles. The van der Waals surface area contributed by atoms with Crippen LogP contribution in [0, 0.1) is 0 Å². The minimum Gasteiger partial charge on any atom is -0.310 e. The van der Waals surface area contributed by atoms with Gasteiger partial charge in [0.1, 0.15) is 0 Å². The molecular weight excluding hydrogens is 773 g/mol. The van der Waals surface area contributed by atoms with E-state index in [1.807, 2.05) is 0 Å². The van der Waals surface area contributed by atoms with Gasteiger partial charge in [0.25, 0.3) is 0 Å². The number of hydrogen-bond donors (Lipinski definition) is 0. The molecule has 0 saturated heterocycles. The number of benzene rings is 11. The van der Waals surface area contributed by atoms with Crippen LogP contribution in [-0.4, -0.2) is 4.57 Å². The highest BCUT2D eigenvalue weighted by atomic mass is 15.1. The van der Waals surface area contributed by atoms with Crippen molar-refractivity contribution in [2.75, 3.05) is 4.90 Å². The molecule has 0 unspecified atom stereocenters. The van der Waals surface area contributed by atoms with Crippen molar-refractivity contribution in [1.29, 1.82) is 0 Å². The molecule has 11 aromatic carbocycles. The summed E-state index contributed by atoms with van der Waals surface area (Å²) in [5.41, 5.74) is 16.2. The second kappa shape index (κ2) is 15.8. The van der Waals surface area contributed by atoms with Crippen LogP contribution in [0.3, 0.4) is 0 Å². The first-order valence-corrected chi connectivity index (χ1v) is 22.0. The van der Waals surface area contributed by atoms with Gasteiger partial charge in [-0.15, -0.1) is 0 Å². The monoisotopic (exact) mass is 814 g/mol. The topological polar surface area (TPSA) is 8.17 Å². The number of nitrogens with zero attached hydrogens (tertiary/aromatic N) is 2. The lowest BCUT2D eigenvalue weighted by atomic mass is 9.91. The number of anilines is 3. The van der Waals surface area contributed by atoms with Gasteiger partial charge in [-0.2, -0.15) is 0 Å². The van der Waals surface area contributed by atoms with Crippen molar-refractivity contribution in [3.8, 4) is 50.2 Å². The minimum atomic E-state index is 1.07. The third-order valence-electron chi connectivity index (χ3n) is 12.8. The average molecular weight is 815 g/mol. The summed E-state index contributed by atoms with van der Waals surface area (Å²) in [6, 6.07) is 92.8. The van der Waals surface area contributed by atoms with E-state index in [0.717, 1.165) is 33.9 Å². The first-order valence-electron chi connectivity index (χ1n) is 22.0. The zero-order chi connectivity index (χ0) is 42.4. The molecule has 0 bridgehead atoms. The number of fused-ring (bicyclic) bond motifs is 6. The molecule has 0 aliphatic carbocycles. The van der Waals surface area contributed by atoms with E-state index in [2.05, 4.69) is 264 Å². The molecule has 0 spiro atoms. The molecule has 0 radical (unpaired) electrons. The number of hydrogen-bond acceptors (Lipinski definition) is 1. The summed E-state index contributed by atoms with van der Waals surface area (Å²) in [6.45, 7) is 0. The Morgan fingerprint density at radius 1 is 0.266 bits per heavy atom. The number of rotatable bonds is 8. The van der Waals surface area contributed by atoms with E-state index in [1.165, 1.54) is 76.7 Å². The zero-order valence-corrected chi connectivity index (χ0v) is 35.1.